The van der Waals surface area contributed by atoms with Crippen LogP contribution in [0.5, 0.6) is 0 Å². The molecule has 1 fully saturated rings. The maximum absolute atomic E-state index is 12.2. The highest BCUT2D eigenvalue weighted by atomic mass is 16.5. The van der Waals surface area contributed by atoms with Gasteiger partial charge >= 0.3 is 6.03 Å². The summed E-state index contributed by atoms with van der Waals surface area (Å²) in [4.78, 5) is 16.6. The summed E-state index contributed by atoms with van der Waals surface area (Å²) in [7, 11) is 0. The largest absolute Gasteiger partial charge is 0.337 e. The molecule has 0 unspecified atom stereocenters. The van der Waals surface area contributed by atoms with Gasteiger partial charge in [0.15, 0.2) is 5.82 Å². The van der Waals surface area contributed by atoms with Crippen LogP contribution in [0.2, 0.25) is 0 Å². The van der Waals surface area contributed by atoms with Gasteiger partial charge in [-0.05, 0) is 38.8 Å². The van der Waals surface area contributed by atoms with E-state index in [1.807, 2.05) is 44.2 Å². The molecule has 1 aromatic carbocycles. The van der Waals surface area contributed by atoms with Gasteiger partial charge in [0.1, 0.15) is 5.54 Å². The minimum Gasteiger partial charge on any atom is -0.337 e. The molecule has 0 spiro atoms. The number of aromatic nitrogens is 2. The lowest BCUT2D eigenvalue weighted by molar-refractivity contribution is 0.228. The van der Waals surface area contributed by atoms with Crippen molar-refractivity contribution in [1.82, 2.24) is 15.5 Å². The number of nitrogens with two attached hydrogens (primary N) is 1. The quantitative estimate of drug-likeness (QED) is 0.799. The number of amides is 2. The molecule has 0 radical (unpaired) electrons. The fraction of sp³-hybridized carbons (Fsp3) is 0.471. The van der Waals surface area contributed by atoms with Crippen molar-refractivity contribution in [2.75, 3.05) is 5.32 Å². The fourth-order valence-corrected chi connectivity index (χ4v) is 2.93. The molecule has 7 heteroatoms. The summed E-state index contributed by atoms with van der Waals surface area (Å²) >= 11 is 0. The van der Waals surface area contributed by atoms with Crippen molar-refractivity contribution in [3.05, 3.63) is 42.0 Å². The van der Waals surface area contributed by atoms with Crippen LogP contribution in [0.3, 0.4) is 0 Å². The molecular weight excluding hydrogens is 306 g/mol. The lowest BCUT2D eigenvalue weighted by Gasteiger charge is -2.22. The number of nitrogens with zero attached hydrogens (tertiary/aromatic N) is 2. The summed E-state index contributed by atoms with van der Waals surface area (Å²) in [6.45, 7) is 3.62. The molecule has 0 atom stereocenters. The van der Waals surface area contributed by atoms with E-state index in [0.29, 0.717) is 17.4 Å². The van der Waals surface area contributed by atoms with Crippen LogP contribution in [0.15, 0.2) is 34.9 Å². The number of carbonyl (C=O) groups is 1. The number of nitrogens with one attached hydrogen (secondary N) is 2. The lowest BCUT2D eigenvalue weighted by atomic mass is 9.98. The molecule has 1 aliphatic carbocycles. The van der Waals surface area contributed by atoms with Crippen molar-refractivity contribution in [3.63, 3.8) is 0 Å². The Kier molecular flexibility index (Phi) is 4.28. The summed E-state index contributed by atoms with van der Waals surface area (Å²) in [5.41, 5.74) is 5.75. The maximum Gasteiger partial charge on any atom is 0.320 e. The highest BCUT2D eigenvalue weighted by Crippen LogP contribution is 2.35. The molecule has 1 aromatic heterocycles. The number of para-hydroxylation sites is 1. The molecule has 7 nitrogen and oxygen atoms in total. The van der Waals surface area contributed by atoms with E-state index in [1.165, 1.54) is 0 Å². The van der Waals surface area contributed by atoms with Crippen LogP contribution in [0.4, 0.5) is 10.5 Å². The van der Waals surface area contributed by atoms with Crippen molar-refractivity contribution in [3.8, 4) is 0 Å². The summed E-state index contributed by atoms with van der Waals surface area (Å²) in [5.74, 6) is 0.866. The normalized spacial score (nSPS) is 16.8. The third-order valence-corrected chi connectivity index (χ3v) is 4.36. The van der Waals surface area contributed by atoms with Gasteiger partial charge in [0.2, 0.25) is 0 Å². The Hall–Kier alpha value is -2.41. The van der Waals surface area contributed by atoms with E-state index in [2.05, 4.69) is 20.8 Å². The first-order chi connectivity index (χ1) is 11.4. The van der Waals surface area contributed by atoms with Crippen molar-refractivity contribution >= 4 is 11.7 Å². The minimum atomic E-state index is -0.806. The molecular formula is C17H23N5O2. The Labute approximate surface area is 141 Å². The third-order valence-electron chi connectivity index (χ3n) is 4.36. The monoisotopic (exact) mass is 329 g/mol. The van der Waals surface area contributed by atoms with E-state index in [4.69, 9.17) is 10.3 Å². The van der Waals surface area contributed by atoms with Crippen LogP contribution in [0.25, 0.3) is 0 Å². The van der Waals surface area contributed by atoms with E-state index >= 15 is 0 Å². The highest BCUT2D eigenvalue weighted by molar-refractivity contribution is 5.89. The van der Waals surface area contributed by atoms with Gasteiger partial charge in [0.05, 0.1) is 5.54 Å². The van der Waals surface area contributed by atoms with Gasteiger partial charge in [0.25, 0.3) is 5.89 Å². The van der Waals surface area contributed by atoms with Crippen LogP contribution >= 0.6 is 0 Å². The number of rotatable bonds is 4. The van der Waals surface area contributed by atoms with Gasteiger partial charge < -0.3 is 20.9 Å². The molecule has 3 rings (SSSR count). The maximum atomic E-state index is 12.2. The predicted octanol–water partition coefficient (Wildman–Crippen LogP) is 2.85. The molecule has 1 heterocycles. The van der Waals surface area contributed by atoms with Gasteiger partial charge in [-0.2, -0.15) is 4.98 Å². The standard InChI is InChI=1S/C17H23N5O2/c1-16(2,21-15(23)19-12-8-4-3-5-9-12)14-20-13(22-24-14)17(18)10-6-7-11-17/h3-5,8-9H,6-7,10-11,18H2,1-2H3,(H2,19,21,23). The molecule has 1 aliphatic rings. The van der Waals surface area contributed by atoms with Crippen molar-refractivity contribution < 1.29 is 9.32 Å². The molecule has 128 valence electrons. The zero-order valence-electron chi connectivity index (χ0n) is 14.0. The van der Waals surface area contributed by atoms with Gasteiger partial charge in [-0.3, -0.25) is 0 Å². The van der Waals surface area contributed by atoms with E-state index in [9.17, 15) is 4.79 Å². The molecule has 2 amide bonds. The van der Waals surface area contributed by atoms with Crippen LogP contribution in [-0.4, -0.2) is 16.2 Å². The average molecular weight is 329 g/mol. The van der Waals surface area contributed by atoms with Crippen molar-refractivity contribution in [2.24, 2.45) is 5.73 Å². The Bertz CT molecular complexity index is 705. The zero-order valence-corrected chi connectivity index (χ0v) is 14.0. The van der Waals surface area contributed by atoms with Crippen molar-refractivity contribution in [2.45, 2.75) is 50.6 Å². The van der Waals surface area contributed by atoms with Gasteiger partial charge in [-0.25, -0.2) is 4.79 Å². The molecule has 0 saturated heterocycles. The van der Waals surface area contributed by atoms with Crippen LogP contribution in [0, 0.1) is 0 Å². The summed E-state index contributed by atoms with van der Waals surface area (Å²) in [6.07, 6.45) is 3.85. The fourth-order valence-electron chi connectivity index (χ4n) is 2.93. The van der Waals surface area contributed by atoms with Gasteiger partial charge in [0, 0.05) is 5.69 Å². The SMILES string of the molecule is CC(C)(NC(=O)Nc1ccccc1)c1nc(C2(N)CCCC2)no1. The molecule has 2 aromatic rings. The molecule has 4 N–H and O–H groups in total. The number of anilines is 1. The number of hydrogen-bond donors (Lipinski definition) is 3. The number of benzene rings is 1. The second-order valence-electron chi connectivity index (χ2n) is 6.86. The minimum absolute atomic E-state index is 0.339. The third kappa shape index (κ3) is 3.41. The first-order valence-corrected chi connectivity index (χ1v) is 8.17. The van der Waals surface area contributed by atoms with E-state index in [0.717, 1.165) is 25.7 Å². The van der Waals surface area contributed by atoms with Crippen LogP contribution < -0.4 is 16.4 Å². The van der Waals surface area contributed by atoms with E-state index in [1.54, 1.807) is 0 Å². The topological polar surface area (TPSA) is 106 Å². The highest BCUT2D eigenvalue weighted by Gasteiger charge is 2.38. The Morgan fingerprint density at radius 3 is 2.58 bits per heavy atom. The first kappa shape index (κ1) is 16.4. The number of hydrogen-bond acceptors (Lipinski definition) is 5. The van der Waals surface area contributed by atoms with Gasteiger partial charge in [-0.1, -0.05) is 36.2 Å². The summed E-state index contributed by atoms with van der Waals surface area (Å²) in [6, 6.07) is 8.89. The number of carbonyl (C=O) groups excluding carboxylic acids is 1. The second kappa shape index (κ2) is 6.24. The second-order valence-corrected chi connectivity index (χ2v) is 6.86. The average Bonchev–Trinajstić information content (AvgIpc) is 3.17. The van der Waals surface area contributed by atoms with E-state index in [-0.39, 0.29) is 6.03 Å². The van der Waals surface area contributed by atoms with Crippen LogP contribution in [-0.2, 0) is 11.1 Å². The molecule has 0 aliphatic heterocycles. The number of urea groups is 1. The molecule has 24 heavy (non-hydrogen) atoms. The van der Waals surface area contributed by atoms with Gasteiger partial charge in [-0.15, -0.1) is 0 Å². The smallest absolute Gasteiger partial charge is 0.320 e. The summed E-state index contributed by atoms with van der Waals surface area (Å²) < 4.78 is 5.37. The Morgan fingerprint density at radius 1 is 1.25 bits per heavy atom. The summed E-state index contributed by atoms with van der Waals surface area (Å²) in [5, 5.41) is 9.67. The molecule has 0 bridgehead atoms. The Morgan fingerprint density at radius 2 is 1.92 bits per heavy atom. The first-order valence-electron chi connectivity index (χ1n) is 8.17. The van der Waals surface area contributed by atoms with Crippen molar-refractivity contribution in [1.29, 1.82) is 0 Å². The lowest BCUT2D eigenvalue weighted by Crippen LogP contribution is -2.43. The van der Waals surface area contributed by atoms with Crippen LogP contribution in [0.1, 0.15) is 51.2 Å². The zero-order chi connectivity index (χ0) is 17.2. The van der Waals surface area contributed by atoms with E-state index < -0.39 is 11.1 Å². The predicted molar refractivity (Wildman–Crippen MR) is 90.3 cm³/mol. The molecule has 1 saturated carbocycles. The Balaban J connectivity index is 1.69.